The number of rotatable bonds is 3. The van der Waals surface area contributed by atoms with E-state index in [1.807, 2.05) is 0 Å². The van der Waals surface area contributed by atoms with Gasteiger partial charge in [-0.15, -0.1) is 0 Å². The van der Waals surface area contributed by atoms with Gasteiger partial charge in [0, 0.05) is 17.3 Å². The average Bonchev–Trinajstić information content (AvgIpc) is 2.71. The summed E-state index contributed by atoms with van der Waals surface area (Å²) in [5, 5.41) is 18.4. The molecule has 0 bridgehead atoms. The second kappa shape index (κ2) is 6.02. The van der Waals surface area contributed by atoms with Gasteiger partial charge < -0.3 is 15.6 Å². The predicted molar refractivity (Wildman–Crippen MR) is 78.6 cm³/mol. The minimum Gasteiger partial charge on any atom is -0.455 e. The summed E-state index contributed by atoms with van der Waals surface area (Å²) < 4.78 is 87.1. The molecule has 3 N–H and O–H groups in total. The largest absolute Gasteiger partial charge is 0.455 e. The Bertz CT molecular complexity index is 958. The molecule has 0 radical (unpaired) electrons. The van der Waals surface area contributed by atoms with Gasteiger partial charge >= 0.3 is 11.8 Å². The molecule has 0 amide bonds. The highest BCUT2D eigenvalue weighted by atomic mass is 19.3. The average molecular weight is 389 g/mol. The number of nitrogen functional groups attached to an aromatic ring is 1. The molecule has 1 aliphatic rings. The van der Waals surface area contributed by atoms with Crippen molar-refractivity contribution in [3.63, 3.8) is 0 Å². The van der Waals surface area contributed by atoms with Crippen LogP contribution in [0.1, 0.15) is 34.9 Å². The Kier molecular flexibility index (Phi) is 4.19. The van der Waals surface area contributed by atoms with Crippen molar-refractivity contribution in [3.05, 3.63) is 46.8 Å². The van der Waals surface area contributed by atoms with Gasteiger partial charge in [0.2, 0.25) is 0 Å². The summed E-state index contributed by atoms with van der Waals surface area (Å²) in [5.74, 6) is -11.0. The zero-order valence-corrected chi connectivity index (χ0v) is 13.1. The summed E-state index contributed by atoms with van der Waals surface area (Å²) in [4.78, 5) is 3.12. The molecule has 0 spiro atoms. The Hall–Kier alpha value is -3.00. The predicted octanol–water partition coefficient (Wildman–Crippen LogP) is 4.04. The number of fused-ring (bicyclic) bond motifs is 1. The lowest BCUT2D eigenvalue weighted by Gasteiger charge is -2.20. The summed E-state index contributed by atoms with van der Waals surface area (Å²) >= 11 is 0. The van der Waals surface area contributed by atoms with Crippen LogP contribution in [0, 0.1) is 11.3 Å². The number of pyridine rings is 1. The molecule has 1 atom stereocenters. The summed E-state index contributed by atoms with van der Waals surface area (Å²) in [6, 6.07) is 5.25. The maximum Gasteiger partial charge on any atom is 0.355 e. The van der Waals surface area contributed by atoms with E-state index in [2.05, 4.69) is 4.98 Å². The first-order valence-corrected chi connectivity index (χ1v) is 7.24. The summed E-state index contributed by atoms with van der Waals surface area (Å²) in [6.07, 6.45) is -6.30. The molecule has 0 fully saturated rings. The van der Waals surface area contributed by atoms with Crippen LogP contribution in [0.2, 0.25) is 0 Å². The van der Waals surface area contributed by atoms with Crippen LogP contribution in [0.4, 0.5) is 32.0 Å². The van der Waals surface area contributed by atoms with Crippen molar-refractivity contribution in [2.75, 3.05) is 5.73 Å². The number of ether oxygens (including phenoxy) is 1. The molecular formula is C16H9F6N3O2. The molecule has 2 aromatic rings. The standard InChI is InChI=1S/C16H9F6N3O2/c17-14(18)10-9(27-8-2-6(4-23)1-7(24)3-8)5-25-12-11(10)13(26)16(21,22)15(12,19)20/h1-3,5,13-14,26H,24H2/t13-/m1/s1. The lowest BCUT2D eigenvalue weighted by atomic mass is 10.0. The summed E-state index contributed by atoms with van der Waals surface area (Å²) in [7, 11) is 0. The van der Waals surface area contributed by atoms with Crippen molar-refractivity contribution in [1.82, 2.24) is 4.98 Å². The number of benzene rings is 1. The van der Waals surface area contributed by atoms with Crippen molar-refractivity contribution >= 4 is 5.69 Å². The third kappa shape index (κ3) is 2.73. The second-order valence-corrected chi connectivity index (χ2v) is 5.70. The normalized spacial score (nSPS) is 19.6. The van der Waals surface area contributed by atoms with Crippen molar-refractivity contribution in [2.24, 2.45) is 0 Å². The fraction of sp³-hybridized carbons (Fsp3) is 0.250. The van der Waals surface area contributed by atoms with E-state index in [4.69, 9.17) is 15.7 Å². The molecule has 1 aromatic heterocycles. The Balaban J connectivity index is 2.17. The van der Waals surface area contributed by atoms with Gasteiger partial charge in [-0.3, -0.25) is 4.98 Å². The Morgan fingerprint density at radius 1 is 1.22 bits per heavy atom. The van der Waals surface area contributed by atoms with Crippen molar-refractivity contribution in [3.8, 4) is 17.6 Å². The van der Waals surface area contributed by atoms with E-state index in [0.717, 1.165) is 12.1 Å². The molecule has 0 saturated heterocycles. The van der Waals surface area contributed by atoms with Crippen molar-refractivity contribution in [2.45, 2.75) is 24.4 Å². The van der Waals surface area contributed by atoms with Crippen LogP contribution in [0.5, 0.6) is 11.5 Å². The molecule has 1 aromatic carbocycles. The molecule has 0 aliphatic heterocycles. The van der Waals surface area contributed by atoms with Gasteiger partial charge in [-0.1, -0.05) is 0 Å². The van der Waals surface area contributed by atoms with E-state index >= 15 is 0 Å². The monoisotopic (exact) mass is 389 g/mol. The van der Waals surface area contributed by atoms with E-state index in [9.17, 15) is 31.4 Å². The first-order chi connectivity index (χ1) is 12.5. The van der Waals surface area contributed by atoms with Gasteiger partial charge in [0.05, 0.1) is 23.4 Å². The lowest BCUT2D eigenvalue weighted by Crippen LogP contribution is -2.36. The number of aliphatic hydroxyl groups excluding tert-OH is 1. The number of anilines is 1. The van der Waals surface area contributed by atoms with Gasteiger partial charge in [-0.25, -0.2) is 8.78 Å². The molecule has 0 unspecified atom stereocenters. The number of alkyl halides is 6. The quantitative estimate of drug-likeness (QED) is 0.611. The van der Waals surface area contributed by atoms with Crippen LogP contribution in [-0.2, 0) is 5.92 Å². The second-order valence-electron chi connectivity index (χ2n) is 5.70. The SMILES string of the molecule is N#Cc1cc(N)cc(Oc2cnc3c(c2C(F)F)[C@@H](O)C(F)(F)C3(F)F)c1. The fourth-order valence-corrected chi connectivity index (χ4v) is 2.74. The Labute approximate surface area is 147 Å². The van der Waals surface area contributed by atoms with E-state index < -0.39 is 46.9 Å². The first kappa shape index (κ1) is 18.8. The molecule has 1 aliphatic carbocycles. The number of aromatic nitrogens is 1. The fourth-order valence-electron chi connectivity index (χ4n) is 2.74. The number of hydrogen-bond acceptors (Lipinski definition) is 5. The highest BCUT2D eigenvalue weighted by Crippen LogP contribution is 2.59. The number of nitriles is 1. The van der Waals surface area contributed by atoms with E-state index in [1.54, 1.807) is 6.07 Å². The van der Waals surface area contributed by atoms with Crippen LogP contribution in [0.15, 0.2) is 24.4 Å². The highest BCUT2D eigenvalue weighted by Gasteiger charge is 2.70. The molecular weight excluding hydrogens is 380 g/mol. The zero-order valence-electron chi connectivity index (χ0n) is 13.1. The number of aliphatic hydroxyl groups is 1. The number of halogens is 6. The van der Waals surface area contributed by atoms with Crippen molar-refractivity contribution < 1.29 is 36.2 Å². The van der Waals surface area contributed by atoms with Crippen LogP contribution in [0.25, 0.3) is 0 Å². The number of nitrogens with zero attached hydrogens (tertiary/aromatic N) is 2. The van der Waals surface area contributed by atoms with Gasteiger partial charge in [0.1, 0.15) is 11.4 Å². The van der Waals surface area contributed by atoms with Crippen LogP contribution in [-0.4, -0.2) is 16.0 Å². The third-order valence-electron chi connectivity index (χ3n) is 3.96. The molecule has 1 heterocycles. The van der Waals surface area contributed by atoms with Gasteiger partial charge in [0.25, 0.3) is 6.43 Å². The van der Waals surface area contributed by atoms with E-state index in [1.165, 1.54) is 6.07 Å². The highest BCUT2D eigenvalue weighted by molar-refractivity contribution is 5.54. The molecule has 3 rings (SSSR count). The van der Waals surface area contributed by atoms with Crippen molar-refractivity contribution in [1.29, 1.82) is 5.26 Å². The molecule has 0 saturated carbocycles. The Morgan fingerprint density at radius 2 is 1.89 bits per heavy atom. The minimum absolute atomic E-state index is 0.0100. The van der Waals surface area contributed by atoms with Crippen LogP contribution in [0.3, 0.4) is 0 Å². The molecule has 142 valence electrons. The maximum absolute atomic E-state index is 13.8. The lowest BCUT2D eigenvalue weighted by molar-refractivity contribution is -0.247. The van der Waals surface area contributed by atoms with Gasteiger partial charge in [-0.2, -0.15) is 22.8 Å². The molecule has 11 heteroatoms. The van der Waals surface area contributed by atoms with E-state index in [0.29, 0.717) is 6.20 Å². The third-order valence-corrected chi connectivity index (χ3v) is 3.96. The molecule has 5 nitrogen and oxygen atoms in total. The smallest absolute Gasteiger partial charge is 0.355 e. The maximum atomic E-state index is 13.8. The van der Waals surface area contributed by atoms with Gasteiger partial charge in [-0.05, 0) is 12.1 Å². The van der Waals surface area contributed by atoms with Gasteiger partial charge in [0.15, 0.2) is 11.9 Å². The minimum atomic E-state index is -5.02. The summed E-state index contributed by atoms with van der Waals surface area (Å²) in [6.45, 7) is 0. The number of nitrogens with two attached hydrogens (primary N) is 1. The molecule has 27 heavy (non-hydrogen) atoms. The first-order valence-electron chi connectivity index (χ1n) is 7.24. The Morgan fingerprint density at radius 3 is 2.48 bits per heavy atom. The van der Waals surface area contributed by atoms with Crippen LogP contribution < -0.4 is 10.5 Å². The zero-order chi connectivity index (χ0) is 20.1. The topological polar surface area (TPSA) is 92.2 Å². The van der Waals surface area contributed by atoms with E-state index in [-0.39, 0.29) is 17.0 Å². The summed E-state index contributed by atoms with van der Waals surface area (Å²) in [5.41, 5.74) is 1.21. The van der Waals surface area contributed by atoms with Crippen LogP contribution >= 0.6 is 0 Å². The number of hydrogen-bond donors (Lipinski definition) is 2.